The maximum absolute atomic E-state index is 11.3. The van der Waals surface area contributed by atoms with Crippen LogP contribution in [0.15, 0.2) is 12.1 Å². The third kappa shape index (κ3) is 4.68. The summed E-state index contributed by atoms with van der Waals surface area (Å²) in [5.41, 5.74) is 0.109. The molecule has 6 nitrogen and oxygen atoms in total. The topological polar surface area (TPSA) is 115 Å². The van der Waals surface area contributed by atoms with E-state index in [-0.39, 0.29) is 11.5 Å². The average molecular weight is 364 g/mol. The van der Waals surface area contributed by atoms with E-state index in [1.807, 2.05) is 0 Å². The summed E-state index contributed by atoms with van der Waals surface area (Å²) in [5.74, 6) is -1.61. The molecule has 0 bridgehead atoms. The van der Waals surface area contributed by atoms with Crippen molar-refractivity contribution in [3.8, 4) is 11.5 Å². The Balaban J connectivity index is 2.01. The normalized spacial score (nSPS) is 15.6. The summed E-state index contributed by atoms with van der Waals surface area (Å²) in [7, 11) is 0. The molecule has 1 saturated carbocycles. The summed E-state index contributed by atoms with van der Waals surface area (Å²) in [5, 5.41) is 38.4. The zero-order valence-corrected chi connectivity index (χ0v) is 15.4. The Kier molecular flexibility index (Phi) is 5.84. The van der Waals surface area contributed by atoms with Crippen molar-refractivity contribution in [3.05, 3.63) is 23.3 Å². The van der Waals surface area contributed by atoms with Gasteiger partial charge in [0.2, 0.25) is 0 Å². The summed E-state index contributed by atoms with van der Waals surface area (Å²) in [4.78, 5) is 22.5. The Morgan fingerprint density at radius 3 is 2.27 bits per heavy atom. The van der Waals surface area contributed by atoms with Gasteiger partial charge in [-0.2, -0.15) is 0 Å². The molecule has 1 aliphatic carbocycles. The second kappa shape index (κ2) is 7.56. The van der Waals surface area contributed by atoms with Gasteiger partial charge in [0.05, 0.1) is 10.8 Å². The third-order valence-electron chi connectivity index (χ3n) is 5.52. The van der Waals surface area contributed by atoms with Gasteiger partial charge in [0.25, 0.3) is 0 Å². The highest BCUT2D eigenvalue weighted by Gasteiger charge is 2.49. The van der Waals surface area contributed by atoms with Gasteiger partial charge in [0.15, 0.2) is 0 Å². The minimum atomic E-state index is -0.851. The summed E-state index contributed by atoms with van der Waals surface area (Å²) in [6.45, 7) is 3.35. The highest BCUT2D eigenvalue weighted by Crippen LogP contribution is 2.50. The number of aryl methyl sites for hydroxylation is 1. The van der Waals surface area contributed by atoms with Crippen molar-refractivity contribution in [2.24, 2.45) is 10.8 Å². The Bertz CT molecular complexity index is 688. The lowest BCUT2D eigenvalue weighted by atomic mass is 9.85. The predicted molar refractivity (Wildman–Crippen MR) is 96.4 cm³/mol. The number of phenolic OH excluding ortho intramolecular Hbond substituents is 2. The van der Waals surface area contributed by atoms with Gasteiger partial charge in [-0.15, -0.1) is 0 Å². The van der Waals surface area contributed by atoms with E-state index in [9.17, 15) is 30.0 Å². The molecule has 1 fully saturated rings. The Labute approximate surface area is 153 Å². The van der Waals surface area contributed by atoms with Gasteiger partial charge in [-0.3, -0.25) is 9.59 Å². The average Bonchev–Trinajstić information content (AvgIpc) is 3.30. The van der Waals surface area contributed by atoms with Crippen molar-refractivity contribution < 1.29 is 30.0 Å². The van der Waals surface area contributed by atoms with Crippen LogP contribution < -0.4 is 0 Å². The van der Waals surface area contributed by atoms with Gasteiger partial charge < -0.3 is 20.4 Å². The van der Waals surface area contributed by atoms with E-state index in [0.29, 0.717) is 56.9 Å². The molecule has 26 heavy (non-hydrogen) atoms. The number of hydrogen-bond donors (Lipinski definition) is 4. The van der Waals surface area contributed by atoms with Crippen LogP contribution in [-0.2, 0) is 22.4 Å². The van der Waals surface area contributed by atoms with E-state index in [2.05, 4.69) is 0 Å². The van der Waals surface area contributed by atoms with Gasteiger partial charge in [-0.1, -0.05) is 0 Å². The van der Waals surface area contributed by atoms with Gasteiger partial charge in [-0.25, -0.2) is 0 Å². The fraction of sp³-hybridized carbons (Fsp3) is 0.600. The zero-order valence-electron chi connectivity index (χ0n) is 15.4. The maximum atomic E-state index is 11.3. The molecule has 0 aliphatic heterocycles. The van der Waals surface area contributed by atoms with Gasteiger partial charge in [-0.05, 0) is 82.4 Å². The molecule has 0 spiro atoms. The lowest BCUT2D eigenvalue weighted by Gasteiger charge is -2.19. The second-order valence-corrected chi connectivity index (χ2v) is 8.08. The summed E-state index contributed by atoms with van der Waals surface area (Å²) < 4.78 is 0. The Morgan fingerprint density at radius 1 is 1.08 bits per heavy atom. The molecule has 2 rings (SSSR count). The number of aromatic hydroxyl groups is 2. The first-order valence-corrected chi connectivity index (χ1v) is 9.08. The third-order valence-corrected chi connectivity index (χ3v) is 5.52. The number of carboxylic acid groups (broad SMARTS) is 2. The molecule has 0 unspecified atom stereocenters. The summed E-state index contributed by atoms with van der Waals surface area (Å²) in [6.07, 6.45) is 4.85. The van der Waals surface area contributed by atoms with E-state index < -0.39 is 22.8 Å². The van der Waals surface area contributed by atoms with E-state index in [4.69, 9.17) is 0 Å². The number of phenols is 2. The van der Waals surface area contributed by atoms with Crippen LogP contribution in [0.2, 0.25) is 0 Å². The van der Waals surface area contributed by atoms with Crippen LogP contribution >= 0.6 is 0 Å². The van der Waals surface area contributed by atoms with Crippen molar-refractivity contribution in [2.75, 3.05) is 0 Å². The van der Waals surface area contributed by atoms with Crippen molar-refractivity contribution >= 4 is 11.9 Å². The summed E-state index contributed by atoms with van der Waals surface area (Å²) in [6, 6.07) is 2.90. The number of benzene rings is 1. The molecule has 1 aromatic carbocycles. The van der Waals surface area contributed by atoms with E-state index in [1.165, 1.54) is 6.07 Å². The van der Waals surface area contributed by atoms with Crippen molar-refractivity contribution in [1.82, 2.24) is 0 Å². The lowest BCUT2D eigenvalue weighted by Crippen LogP contribution is -2.23. The molecule has 0 heterocycles. The molecule has 6 heteroatoms. The van der Waals surface area contributed by atoms with Crippen LogP contribution in [0.5, 0.6) is 11.5 Å². The van der Waals surface area contributed by atoms with Crippen LogP contribution in [0.4, 0.5) is 0 Å². The minimum absolute atomic E-state index is 0.00695. The SMILES string of the molecule is CC(C)(CCCc1c(O)cc(O)cc1CCCC1(C(=O)O)CC1)C(=O)O. The lowest BCUT2D eigenvalue weighted by molar-refractivity contribution is -0.147. The van der Waals surface area contributed by atoms with E-state index in [0.717, 1.165) is 5.56 Å². The molecule has 1 aromatic rings. The van der Waals surface area contributed by atoms with Crippen molar-refractivity contribution in [2.45, 2.75) is 65.2 Å². The molecule has 0 saturated heterocycles. The van der Waals surface area contributed by atoms with Crippen molar-refractivity contribution in [1.29, 1.82) is 0 Å². The van der Waals surface area contributed by atoms with Crippen LogP contribution in [0.25, 0.3) is 0 Å². The van der Waals surface area contributed by atoms with Crippen LogP contribution in [0.1, 0.15) is 63.5 Å². The quantitative estimate of drug-likeness (QED) is 0.503. The molecular formula is C20H28O6. The maximum Gasteiger partial charge on any atom is 0.309 e. The fourth-order valence-electron chi connectivity index (χ4n) is 3.36. The molecule has 0 atom stereocenters. The van der Waals surface area contributed by atoms with E-state index >= 15 is 0 Å². The monoisotopic (exact) mass is 364 g/mol. The van der Waals surface area contributed by atoms with Gasteiger partial charge in [0.1, 0.15) is 11.5 Å². The summed E-state index contributed by atoms with van der Waals surface area (Å²) >= 11 is 0. The number of carbonyl (C=O) groups is 2. The first-order valence-electron chi connectivity index (χ1n) is 9.08. The fourth-order valence-corrected chi connectivity index (χ4v) is 3.36. The smallest absolute Gasteiger partial charge is 0.309 e. The second-order valence-electron chi connectivity index (χ2n) is 8.08. The molecule has 1 aliphatic rings. The number of carboxylic acids is 2. The zero-order chi connectivity index (χ0) is 19.5. The molecule has 0 amide bonds. The molecule has 0 aromatic heterocycles. The van der Waals surface area contributed by atoms with Crippen LogP contribution in [-0.4, -0.2) is 32.4 Å². The number of rotatable bonds is 10. The standard InChI is InChI=1S/C20H28O6/c1-19(2,17(23)24)7-4-6-15-13(11-14(21)12-16(15)22)5-3-8-20(9-10-20)18(25)26/h11-12,21-22H,3-10H2,1-2H3,(H,23,24)(H,25,26). The highest BCUT2D eigenvalue weighted by atomic mass is 16.4. The largest absolute Gasteiger partial charge is 0.508 e. The Hall–Kier alpha value is -2.24. The number of aliphatic carboxylic acids is 2. The Morgan fingerprint density at radius 2 is 1.73 bits per heavy atom. The molecule has 4 N–H and O–H groups in total. The van der Waals surface area contributed by atoms with E-state index in [1.54, 1.807) is 19.9 Å². The molecule has 144 valence electrons. The van der Waals surface area contributed by atoms with Crippen LogP contribution in [0, 0.1) is 10.8 Å². The van der Waals surface area contributed by atoms with Crippen LogP contribution in [0.3, 0.4) is 0 Å². The van der Waals surface area contributed by atoms with Gasteiger partial charge >= 0.3 is 11.9 Å². The minimum Gasteiger partial charge on any atom is -0.508 e. The number of hydrogen-bond acceptors (Lipinski definition) is 4. The molecular weight excluding hydrogens is 336 g/mol. The van der Waals surface area contributed by atoms with Gasteiger partial charge in [0, 0.05) is 6.07 Å². The molecule has 0 radical (unpaired) electrons. The first-order chi connectivity index (χ1) is 12.1. The highest BCUT2D eigenvalue weighted by molar-refractivity contribution is 5.77. The predicted octanol–water partition coefficient (Wildman–Crippen LogP) is 3.72. The first kappa shape index (κ1) is 20.1. The van der Waals surface area contributed by atoms with Crippen molar-refractivity contribution in [3.63, 3.8) is 0 Å².